The molecule has 0 unspecified atom stereocenters. The van der Waals surface area contributed by atoms with Gasteiger partial charge in [0.25, 0.3) is 0 Å². The lowest BCUT2D eigenvalue weighted by Crippen LogP contribution is -2.44. The summed E-state index contributed by atoms with van der Waals surface area (Å²) in [4.78, 5) is 12.9. The first-order valence-corrected chi connectivity index (χ1v) is 8.01. The van der Waals surface area contributed by atoms with E-state index in [9.17, 15) is 4.79 Å². The van der Waals surface area contributed by atoms with Crippen molar-refractivity contribution in [2.45, 2.75) is 52.4 Å². The van der Waals surface area contributed by atoms with Gasteiger partial charge in [0.2, 0.25) is 5.91 Å². The maximum absolute atomic E-state index is 12.9. The van der Waals surface area contributed by atoms with E-state index in [0.29, 0.717) is 0 Å². The minimum Gasteiger partial charge on any atom is -0.325 e. The molecule has 1 aliphatic rings. The van der Waals surface area contributed by atoms with Crippen molar-refractivity contribution in [1.82, 2.24) is 5.32 Å². The third-order valence-electron chi connectivity index (χ3n) is 4.70. The number of anilines is 1. The Hall–Kier alpha value is -1.35. The third kappa shape index (κ3) is 3.46. The van der Waals surface area contributed by atoms with Gasteiger partial charge >= 0.3 is 0 Å². The topological polar surface area (TPSA) is 41.1 Å². The van der Waals surface area contributed by atoms with Crippen molar-refractivity contribution >= 4 is 11.6 Å². The first-order valence-electron chi connectivity index (χ1n) is 8.01. The van der Waals surface area contributed by atoms with E-state index >= 15 is 0 Å². The first kappa shape index (κ1) is 16.0. The first-order chi connectivity index (χ1) is 9.89. The quantitative estimate of drug-likeness (QED) is 0.890. The van der Waals surface area contributed by atoms with Crippen LogP contribution < -0.4 is 10.6 Å². The van der Waals surface area contributed by atoms with Crippen molar-refractivity contribution in [2.75, 3.05) is 18.4 Å². The molecule has 0 atom stereocenters. The van der Waals surface area contributed by atoms with Crippen molar-refractivity contribution < 1.29 is 4.79 Å². The molecule has 0 radical (unpaired) electrons. The van der Waals surface area contributed by atoms with Gasteiger partial charge in [0.1, 0.15) is 0 Å². The Labute approximate surface area is 128 Å². The Morgan fingerprint density at radius 3 is 2.43 bits per heavy atom. The van der Waals surface area contributed by atoms with Crippen LogP contribution in [0.2, 0.25) is 0 Å². The molecule has 0 spiro atoms. The second-order valence-corrected chi connectivity index (χ2v) is 7.13. The summed E-state index contributed by atoms with van der Waals surface area (Å²) >= 11 is 0. The molecular weight excluding hydrogens is 260 g/mol. The molecule has 2 rings (SSSR count). The highest BCUT2D eigenvalue weighted by molar-refractivity contribution is 5.96. The summed E-state index contributed by atoms with van der Waals surface area (Å²) in [6.45, 7) is 10.5. The SMILES string of the molecule is CCC1(C(=O)Nc2ccccc2C(C)(C)C)CCNCC1. The van der Waals surface area contributed by atoms with Crippen LogP contribution in [0.15, 0.2) is 24.3 Å². The van der Waals surface area contributed by atoms with Gasteiger partial charge in [0.15, 0.2) is 0 Å². The number of hydrogen-bond donors (Lipinski definition) is 2. The number of rotatable bonds is 3. The van der Waals surface area contributed by atoms with Gasteiger partial charge in [0, 0.05) is 5.69 Å². The van der Waals surface area contributed by atoms with Crippen LogP contribution in [-0.2, 0) is 10.2 Å². The molecule has 3 heteroatoms. The molecular formula is C18H28N2O. The molecule has 0 aromatic heterocycles. The van der Waals surface area contributed by atoms with Gasteiger partial charge in [-0.2, -0.15) is 0 Å². The summed E-state index contributed by atoms with van der Waals surface area (Å²) in [5, 5.41) is 6.56. The van der Waals surface area contributed by atoms with Gasteiger partial charge in [0.05, 0.1) is 5.41 Å². The minimum atomic E-state index is -0.212. The maximum atomic E-state index is 12.9. The molecule has 1 aliphatic heterocycles. The fourth-order valence-corrected chi connectivity index (χ4v) is 3.15. The third-order valence-corrected chi connectivity index (χ3v) is 4.70. The standard InChI is InChI=1S/C18H28N2O/c1-5-18(10-12-19-13-11-18)16(21)20-15-9-7-6-8-14(15)17(2,3)4/h6-9,19H,5,10-13H2,1-4H3,(H,20,21). The number of hydrogen-bond acceptors (Lipinski definition) is 2. The minimum absolute atomic E-state index is 0.0252. The van der Waals surface area contributed by atoms with Crippen molar-refractivity contribution in [2.24, 2.45) is 5.41 Å². The molecule has 2 N–H and O–H groups in total. The molecule has 0 saturated carbocycles. The summed E-state index contributed by atoms with van der Waals surface area (Å²) < 4.78 is 0. The van der Waals surface area contributed by atoms with Crippen molar-refractivity contribution in [1.29, 1.82) is 0 Å². The van der Waals surface area contributed by atoms with Crippen LogP contribution >= 0.6 is 0 Å². The van der Waals surface area contributed by atoms with Gasteiger partial charge in [-0.25, -0.2) is 0 Å². The van der Waals surface area contributed by atoms with E-state index in [0.717, 1.165) is 38.0 Å². The maximum Gasteiger partial charge on any atom is 0.230 e. The van der Waals surface area contributed by atoms with Gasteiger partial charge in [-0.1, -0.05) is 45.9 Å². The summed E-state index contributed by atoms with van der Waals surface area (Å²) in [6, 6.07) is 8.15. The number of para-hydroxylation sites is 1. The lowest BCUT2D eigenvalue weighted by Gasteiger charge is -2.36. The molecule has 1 amide bonds. The van der Waals surface area contributed by atoms with Gasteiger partial charge in [-0.15, -0.1) is 0 Å². The van der Waals surface area contributed by atoms with Crippen LogP contribution in [0.1, 0.15) is 52.5 Å². The number of benzene rings is 1. The summed E-state index contributed by atoms with van der Waals surface area (Å²) in [7, 11) is 0. The Morgan fingerprint density at radius 2 is 1.86 bits per heavy atom. The van der Waals surface area contributed by atoms with Crippen LogP contribution in [0.3, 0.4) is 0 Å². The average Bonchev–Trinajstić information content (AvgIpc) is 2.47. The van der Waals surface area contributed by atoms with Gasteiger partial charge in [-0.05, 0) is 49.4 Å². The lowest BCUT2D eigenvalue weighted by atomic mass is 9.75. The molecule has 116 valence electrons. The highest BCUT2D eigenvalue weighted by atomic mass is 16.2. The molecule has 1 aromatic rings. The van der Waals surface area contributed by atoms with Gasteiger partial charge in [-0.3, -0.25) is 4.79 Å². The lowest BCUT2D eigenvalue weighted by molar-refractivity contribution is -0.127. The molecule has 3 nitrogen and oxygen atoms in total. The fraction of sp³-hybridized carbons (Fsp3) is 0.611. The number of carbonyl (C=O) groups excluding carboxylic acids is 1. The van der Waals surface area contributed by atoms with Crippen LogP contribution in [0.5, 0.6) is 0 Å². The van der Waals surface area contributed by atoms with Crippen LogP contribution in [-0.4, -0.2) is 19.0 Å². The number of piperidine rings is 1. The van der Waals surface area contributed by atoms with Crippen molar-refractivity contribution in [3.8, 4) is 0 Å². The molecule has 1 fully saturated rings. The highest BCUT2D eigenvalue weighted by Gasteiger charge is 2.38. The Balaban J connectivity index is 2.23. The molecule has 1 saturated heterocycles. The number of nitrogens with one attached hydrogen (secondary N) is 2. The second kappa shape index (κ2) is 6.18. The normalized spacial score (nSPS) is 18.3. The van der Waals surface area contributed by atoms with E-state index in [4.69, 9.17) is 0 Å². The predicted molar refractivity (Wildman–Crippen MR) is 88.6 cm³/mol. The van der Waals surface area contributed by atoms with E-state index in [-0.39, 0.29) is 16.7 Å². The summed E-state index contributed by atoms with van der Waals surface area (Å²) in [5.74, 6) is 0.184. The zero-order valence-electron chi connectivity index (χ0n) is 13.8. The van der Waals surface area contributed by atoms with E-state index in [1.807, 2.05) is 18.2 Å². The molecule has 1 aromatic carbocycles. The highest BCUT2D eigenvalue weighted by Crippen LogP contribution is 2.36. The number of amides is 1. The zero-order chi connectivity index (χ0) is 15.5. The second-order valence-electron chi connectivity index (χ2n) is 7.13. The molecule has 21 heavy (non-hydrogen) atoms. The van der Waals surface area contributed by atoms with Crippen LogP contribution in [0, 0.1) is 5.41 Å². The van der Waals surface area contributed by atoms with E-state index < -0.39 is 0 Å². The molecule has 0 aliphatic carbocycles. The van der Waals surface area contributed by atoms with E-state index in [1.165, 1.54) is 5.56 Å². The predicted octanol–water partition coefficient (Wildman–Crippen LogP) is 3.70. The molecule has 1 heterocycles. The average molecular weight is 288 g/mol. The molecule has 0 bridgehead atoms. The Kier molecular flexibility index (Phi) is 4.72. The smallest absolute Gasteiger partial charge is 0.230 e. The van der Waals surface area contributed by atoms with Crippen LogP contribution in [0.25, 0.3) is 0 Å². The summed E-state index contributed by atoms with van der Waals surface area (Å²) in [5.41, 5.74) is 1.97. The number of carbonyl (C=O) groups is 1. The monoisotopic (exact) mass is 288 g/mol. The Bertz CT molecular complexity index is 496. The van der Waals surface area contributed by atoms with Crippen molar-refractivity contribution in [3.05, 3.63) is 29.8 Å². The Morgan fingerprint density at radius 1 is 1.24 bits per heavy atom. The van der Waals surface area contributed by atoms with E-state index in [1.54, 1.807) is 0 Å². The fourth-order valence-electron chi connectivity index (χ4n) is 3.15. The zero-order valence-corrected chi connectivity index (χ0v) is 13.8. The van der Waals surface area contributed by atoms with Crippen LogP contribution in [0.4, 0.5) is 5.69 Å². The largest absolute Gasteiger partial charge is 0.325 e. The van der Waals surface area contributed by atoms with Crippen molar-refractivity contribution in [3.63, 3.8) is 0 Å². The summed E-state index contributed by atoms with van der Waals surface area (Å²) in [6.07, 6.45) is 2.75. The van der Waals surface area contributed by atoms with Gasteiger partial charge < -0.3 is 10.6 Å². The van der Waals surface area contributed by atoms with E-state index in [2.05, 4.69) is 44.4 Å².